The predicted octanol–water partition coefficient (Wildman–Crippen LogP) is 2.58. The summed E-state index contributed by atoms with van der Waals surface area (Å²) in [6, 6.07) is 10.7. The monoisotopic (exact) mass is 219 g/mol. The first-order chi connectivity index (χ1) is 7.76. The second kappa shape index (κ2) is 7.18. The van der Waals surface area contributed by atoms with Crippen LogP contribution in [0.3, 0.4) is 0 Å². The van der Waals surface area contributed by atoms with Crippen LogP contribution >= 0.6 is 0 Å². The van der Waals surface area contributed by atoms with E-state index in [2.05, 4.69) is 29.6 Å². The second-order valence-electron chi connectivity index (χ2n) is 4.11. The molecule has 0 aliphatic rings. The van der Waals surface area contributed by atoms with Crippen LogP contribution < -0.4 is 5.32 Å². The van der Waals surface area contributed by atoms with Gasteiger partial charge in [0, 0.05) is 18.9 Å². The number of carbonyl (C=O) groups excluding carboxylic acids is 1. The van der Waals surface area contributed by atoms with Crippen LogP contribution in [0.25, 0.3) is 0 Å². The summed E-state index contributed by atoms with van der Waals surface area (Å²) < 4.78 is 0. The summed E-state index contributed by atoms with van der Waals surface area (Å²) in [5.41, 5.74) is 1.34. The fourth-order valence-corrected chi connectivity index (χ4v) is 1.75. The van der Waals surface area contributed by atoms with Crippen molar-refractivity contribution in [1.29, 1.82) is 0 Å². The van der Waals surface area contributed by atoms with Crippen LogP contribution in [0.2, 0.25) is 0 Å². The van der Waals surface area contributed by atoms with E-state index in [9.17, 15) is 4.79 Å². The highest BCUT2D eigenvalue weighted by molar-refractivity contribution is 5.78. The lowest BCUT2D eigenvalue weighted by atomic mass is 10.0. The molecule has 0 spiro atoms. The predicted molar refractivity (Wildman–Crippen MR) is 67.5 cm³/mol. The maximum absolute atomic E-state index is 11.4. The zero-order chi connectivity index (χ0) is 11.8. The molecule has 0 aliphatic heterocycles. The van der Waals surface area contributed by atoms with Crippen molar-refractivity contribution in [2.24, 2.45) is 0 Å². The zero-order valence-electron chi connectivity index (χ0n) is 10.2. The number of hydrogen-bond donors (Lipinski definition) is 1. The van der Waals surface area contributed by atoms with Gasteiger partial charge in [0.25, 0.3) is 0 Å². The minimum absolute atomic E-state index is 0.313. The molecule has 0 saturated carbocycles. The van der Waals surface area contributed by atoms with Crippen molar-refractivity contribution >= 4 is 5.78 Å². The average Bonchev–Trinajstić information content (AvgIpc) is 2.35. The molecule has 1 aromatic carbocycles. The third kappa shape index (κ3) is 4.58. The molecule has 0 aromatic heterocycles. The van der Waals surface area contributed by atoms with Gasteiger partial charge in [-0.2, -0.15) is 0 Å². The van der Waals surface area contributed by atoms with Crippen LogP contribution in [0.1, 0.15) is 31.7 Å². The van der Waals surface area contributed by atoms with Crippen LogP contribution in [0.4, 0.5) is 0 Å². The van der Waals surface area contributed by atoms with E-state index >= 15 is 0 Å². The Hall–Kier alpha value is -1.15. The van der Waals surface area contributed by atoms with Crippen molar-refractivity contribution in [1.82, 2.24) is 5.32 Å². The van der Waals surface area contributed by atoms with Crippen molar-refractivity contribution in [2.45, 2.75) is 38.6 Å². The van der Waals surface area contributed by atoms with E-state index in [4.69, 9.17) is 0 Å². The summed E-state index contributed by atoms with van der Waals surface area (Å²) in [4.78, 5) is 11.4. The van der Waals surface area contributed by atoms with Crippen LogP contribution in [-0.4, -0.2) is 18.9 Å². The van der Waals surface area contributed by atoms with Crippen molar-refractivity contribution in [3.8, 4) is 0 Å². The molecule has 1 rings (SSSR count). The number of benzene rings is 1. The van der Waals surface area contributed by atoms with Gasteiger partial charge < -0.3 is 5.32 Å². The van der Waals surface area contributed by atoms with Crippen molar-refractivity contribution in [3.05, 3.63) is 35.9 Å². The first-order valence-corrected chi connectivity index (χ1v) is 5.99. The van der Waals surface area contributed by atoms with E-state index in [0.717, 1.165) is 12.8 Å². The van der Waals surface area contributed by atoms with Gasteiger partial charge in [0.05, 0.1) is 0 Å². The number of rotatable bonds is 7. The van der Waals surface area contributed by atoms with Gasteiger partial charge in [-0.25, -0.2) is 0 Å². The smallest absolute Gasteiger partial charge is 0.134 e. The molecule has 88 valence electrons. The molecule has 2 nitrogen and oxygen atoms in total. The number of aryl methyl sites for hydroxylation is 1. The van der Waals surface area contributed by atoms with Crippen LogP contribution in [0.5, 0.6) is 0 Å². The molecular weight excluding hydrogens is 198 g/mol. The van der Waals surface area contributed by atoms with Crippen LogP contribution in [-0.2, 0) is 11.2 Å². The Bertz CT molecular complexity index is 308. The molecule has 0 aliphatic carbocycles. The lowest BCUT2D eigenvalue weighted by molar-refractivity contribution is -0.119. The number of ketones is 1. The molecule has 0 radical (unpaired) electrons. The molecule has 0 bridgehead atoms. The number of nitrogens with one attached hydrogen (secondary N) is 1. The molecule has 0 fully saturated rings. The normalized spacial score (nSPS) is 12.4. The maximum atomic E-state index is 11.4. The lowest BCUT2D eigenvalue weighted by Crippen LogP contribution is -2.28. The van der Waals surface area contributed by atoms with Gasteiger partial charge in [-0.3, -0.25) is 4.79 Å². The Kier molecular flexibility index (Phi) is 5.79. The molecule has 16 heavy (non-hydrogen) atoms. The highest BCUT2D eigenvalue weighted by atomic mass is 16.1. The van der Waals surface area contributed by atoms with Crippen molar-refractivity contribution in [2.75, 3.05) is 7.05 Å². The highest BCUT2D eigenvalue weighted by Gasteiger charge is 2.10. The van der Waals surface area contributed by atoms with E-state index in [1.807, 2.05) is 20.0 Å². The third-order valence-electron chi connectivity index (χ3n) is 2.90. The van der Waals surface area contributed by atoms with Gasteiger partial charge in [-0.05, 0) is 25.5 Å². The third-order valence-corrected chi connectivity index (χ3v) is 2.90. The molecule has 0 amide bonds. The Morgan fingerprint density at radius 1 is 1.31 bits per heavy atom. The van der Waals surface area contributed by atoms with Gasteiger partial charge in [0.2, 0.25) is 0 Å². The molecule has 1 aromatic rings. The Balaban J connectivity index is 2.37. The van der Waals surface area contributed by atoms with Gasteiger partial charge in [-0.15, -0.1) is 0 Å². The number of carbonyl (C=O) groups is 1. The van der Waals surface area contributed by atoms with E-state index < -0.39 is 0 Å². The zero-order valence-corrected chi connectivity index (χ0v) is 10.2. The molecular formula is C14H21NO. The Labute approximate surface area is 98.1 Å². The molecule has 2 heteroatoms. The number of hydrogen-bond acceptors (Lipinski definition) is 2. The molecule has 1 atom stereocenters. The summed E-state index contributed by atoms with van der Waals surface area (Å²) >= 11 is 0. The lowest BCUT2D eigenvalue weighted by Gasteiger charge is -2.14. The summed E-state index contributed by atoms with van der Waals surface area (Å²) in [7, 11) is 1.93. The van der Waals surface area contributed by atoms with Gasteiger partial charge in [0.1, 0.15) is 5.78 Å². The van der Waals surface area contributed by atoms with Crippen LogP contribution in [0.15, 0.2) is 30.3 Å². The molecule has 0 heterocycles. The van der Waals surface area contributed by atoms with E-state index in [0.29, 0.717) is 24.7 Å². The van der Waals surface area contributed by atoms with Crippen molar-refractivity contribution < 1.29 is 4.79 Å². The SMILES string of the molecule is CCC(=O)CC(CCc1ccccc1)NC. The first kappa shape index (κ1) is 12.9. The number of Topliss-reactive ketones (excluding diaryl/α,β-unsaturated/α-hetero) is 1. The summed E-state index contributed by atoms with van der Waals surface area (Å²) in [5.74, 6) is 0.340. The molecule has 1 unspecified atom stereocenters. The second-order valence-corrected chi connectivity index (χ2v) is 4.11. The Morgan fingerprint density at radius 2 is 2.00 bits per heavy atom. The van der Waals surface area contributed by atoms with Gasteiger partial charge in [-0.1, -0.05) is 37.3 Å². The topological polar surface area (TPSA) is 29.1 Å². The van der Waals surface area contributed by atoms with Gasteiger partial charge in [0.15, 0.2) is 0 Å². The van der Waals surface area contributed by atoms with E-state index in [1.54, 1.807) is 0 Å². The minimum atomic E-state index is 0.313. The molecule has 1 N–H and O–H groups in total. The fraction of sp³-hybridized carbons (Fsp3) is 0.500. The first-order valence-electron chi connectivity index (χ1n) is 5.99. The summed E-state index contributed by atoms with van der Waals surface area (Å²) in [6.45, 7) is 1.92. The summed E-state index contributed by atoms with van der Waals surface area (Å²) in [6.07, 6.45) is 3.35. The average molecular weight is 219 g/mol. The summed E-state index contributed by atoms with van der Waals surface area (Å²) in [5, 5.41) is 3.22. The van der Waals surface area contributed by atoms with E-state index in [-0.39, 0.29) is 0 Å². The van der Waals surface area contributed by atoms with E-state index in [1.165, 1.54) is 5.56 Å². The highest BCUT2D eigenvalue weighted by Crippen LogP contribution is 2.08. The standard InChI is InChI=1S/C14H21NO/c1-3-14(16)11-13(15-2)10-9-12-7-5-4-6-8-12/h4-8,13,15H,3,9-11H2,1-2H3. The molecule has 0 saturated heterocycles. The minimum Gasteiger partial charge on any atom is -0.317 e. The van der Waals surface area contributed by atoms with Crippen LogP contribution in [0, 0.1) is 0 Å². The van der Waals surface area contributed by atoms with Crippen molar-refractivity contribution in [3.63, 3.8) is 0 Å². The fourth-order valence-electron chi connectivity index (χ4n) is 1.75. The maximum Gasteiger partial charge on any atom is 0.134 e. The van der Waals surface area contributed by atoms with Gasteiger partial charge >= 0.3 is 0 Å². The largest absolute Gasteiger partial charge is 0.317 e. The Morgan fingerprint density at radius 3 is 2.56 bits per heavy atom. The quantitative estimate of drug-likeness (QED) is 0.763.